The highest BCUT2D eigenvalue weighted by atomic mass is 79.9. The molecule has 1 aromatic carbocycles. The normalized spacial score (nSPS) is 15.9. The topological polar surface area (TPSA) is 62.5 Å². The molecule has 0 saturated heterocycles. The van der Waals surface area contributed by atoms with Crippen molar-refractivity contribution in [2.75, 3.05) is 0 Å². The van der Waals surface area contributed by atoms with Crippen LogP contribution in [0.4, 0.5) is 0 Å². The summed E-state index contributed by atoms with van der Waals surface area (Å²) in [4.78, 5) is 11.2. The van der Waals surface area contributed by atoms with Crippen molar-refractivity contribution >= 4 is 21.9 Å². The second-order valence-electron chi connectivity index (χ2n) is 5.31. The number of hydrogen-bond acceptors (Lipinski definition) is 3. The number of carbonyl (C=O) groups is 1. The predicted molar refractivity (Wildman–Crippen MR) is 82.8 cm³/mol. The fourth-order valence-corrected chi connectivity index (χ4v) is 2.60. The first kappa shape index (κ1) is 14.4. The number of hydrogen-bond donors (Lipinski definition) is 2. The first-order valence-electron chi connectivity index (χ1n) is 6.94. The molecule has 0 radical (unpaired) electrons. The minimum absolute atomic E-state index is 0.267. The molecule has 110 valence electrons. The van der Waals surface area contributed by atoms with E-state index in [0.29, 0.717) is 6.54 Å². The van der Waals surface area contributed by atoms with E-state index in [4.69, 9.17) is 4.42 Å². The molecule has 0 amide bonds. The average molecular weight is 350 g/mol. The van der Waals surface area contributed by atoms with Crippen molar-refractivity contribution in [1.82, 2.24) is 5.32 Å². The molecule has 1 fully saturated rings. The van der Waals surface area contributed by atoms with Gasteiger partial charge in [-0.1, -0.05) is 28.1 Å². The van der Waals surface area contributed by atoms with Gasteiger partial charge in [0.15, 0.2) is 0 Å². The average Bonchev–Trinajstić information content (AvgIpc) is 3.18. The molecule has 0 spiro atoms. The van der Waals surface area contributed by atoms with Gasteiger partial charge in [-0.2, -0.15) is 0 Å². The Balaban J connectivity index is 1.64. The van der Waals surface area contributed by atoms with Gasteiger partial charge in [0, 0.05) is 10.0 Å². The monoisotopic (exact) mass is 349 g/mol. The standard InChI is InChI=1S/C16H16BrNO3/c17-12-5-3-10(4-6-12)14-8-7-13(21-14)9-18-15(16(19)20)11-1-2-11/h3-8,11,15,18H,1-2,9H2,(H,19,20). The van der Waals surface area contributed by atoms with Gasteiger partial charge in [0.25, 0.3) is 0 Å². The maximum atomic E-state index is 11.2. The largest absolute Gasteiger partial charge is 0.480 e. The molecule has 1 atom stereocenters. The molecule has 1 aliphatic carbocycles. The smallest absolute Gasteiger partial charge is 0.320 e. The minimum Gasteiger partial charge on any atom is -0.480 e. The molecule has 5 heteroatoms. The first-order chi connectivity index (χ1) is 10.1. The van der Waals surface area contributed by atoms with Gasteiger partial charge in [-0.05, 0) is 43.0 Å². The molecular weight excluding hydrogens is 334 g/mol. The number of benzene rings is 1. The Hall–Kier alpha value is -1.59. The molecule has 2 N–H and O–H groups in total. The lowest BCUT2D eigenvalue weighted by molar-refractivity contribution is -0.140. The van der Waals surface area contributed by atoms with Crippen molar-refractivity contribution in [2.45, 2.75) is 25.4 Å². The van der Waals surface area contributed by atoms with Crippen LogP contribution in [0.25, 0.3) is 11.3 Å². The minimum atomic E-state index is -0.780. The maximum absolute atomic E-state index is 11.2. The Bertz CT molecular complexity index is 631. The van der Waals surface area contributed by atoms with Crippen LogP contribution in [-0.2, 0) is 11.3 Å². The molecule has 1 unspecified atom stereocenters. The third-order valence-corrected chi connectivity index (χ3v) is 4.17. The van der Waals surface area contributed by atoms with Crippen molar-refractivity contribution in [1.29, 1.82) is 0 Å². The van der Waals surface area contributed by atoms with Crippen LogP contribution in [0.15, 0.2) is 45.3 Å². The third-order valence-electron chi connectivity index (χ3n) is 3.65. The van der Waals surface area contributed by atoms with Gasteiger partial charge in [0.05, 0.1) is 6.54 Å². The van der Waals surface area contributed by atoms with Gasteiger partial charge in [0.2, 0.25) is 0 Å². The maximum Gasteiger partial charge on any atom is 0.320 e. The lowest BCUT2D eigenvalue weighted by Crippen LogP contribution is -2.37. The summed E-state index contributed by atoms with van der Waals surface area (Å²) in [7, 11) is 0. The zero-order valence-electron chi connectivity index (χ0n) is 11.4. The van der Waals surface area contributed by atoms with Crippen LogP contribution in [0.1, 0.15) is 18.6 Å². The Morgan fingerprint density at radius 1 is 1.29 bits per heavy atom. The van der Waals surface area contributed by atoms with E-state index in [1.165, 1.54) is 0 Å². The number of furan rings is 1. The van der Waals surface area contributed by atoms with Gasteiger partial charge in [-0.3, -0.25) is 10.1 Å². The summed E-state index contributed by atoms with van der Waals surface area (Å²) in [5.74, 6) is 1.03. The predicted octanol–water partition coefficient (Wildman–Crippen LogP) is 3.66. The molecule has 1 heterocycles. The van der Waals surface area contributed by atoms with Crippen molar-refractivity contribution in [3.8, 4) is 11.3 Å². The number of rotatable bonds is 6. The SMILES string of the molecule is O=C(O)C(NCc1ccc(-c2ccc(Br)cc2)o1)C1CC1. The highest BCUT2D eigenvalue weighted by molar-refractivity contribution is 9.10. The van der Waals surface area contributed by atoms with E-state index in [1.807, 2.05) is 36.4 Å². The van der Waals surface area contributed by atoms with E-state index in [1.54, 1.807) is 0 Å². The van der Waals surface area contributed by atoms with E-state index in [9.17, 15) is 9.90 Å². The van der Waals surface area contributed by atoms with Crippen LogP contribution in [0.3, 0.4) is 0 Å². The van der Waals surface area contributed by atoms with Crippen molar-refractivity contribution < 1.29 is 14.3 Å². The third kappa shape index (κ3) is 3.54. The molecule has 4 nitrogen and oxygen atoms in total. The van der Waals surface area contributed by atoms with Crippen LogP contribution in [-0.4, -0.2) is 17.1 Å². The van der Waals surface area contributed by atoms with Crippen LogP contribution in [0.5, 0.6) is 0 Å². The molecule has 3 rings (SSSR count). The van der Waals surface area contributed by atoms with Gasteiger partial charge in [0.1, 0.15) is 17.6 Å². The van der Waals surface area contributed by atoms with Crippen LogP contribution in [0.2, 0.25) is 0 Å². The van der Waals surface area contributed by atoms with Crippen molar-refractivity contribution in [3.05, 3.63) is 46.6 Å². The number of nitrogens with one attached hydrogen (secondary N) is 1. The molecule has 2 aromatic rings. The molecule has 21 heavy (non-hydrogen) atoms. The van der Waals surface area contributed by atoms with E-state index in [-0.39, 0.29) is 5.92 Å². The number of aliphatic carboxylic acids is 1. The molecule has 0 bridgehead atoms. The summed E-state index contributed by atoms with van der Waals surface area (Å²) in [6, 6.07) is 11.2. The van der Waals surface area contributed by atoms with E-state index < -0.39 is 12.0 Å². The van der Waals surface area contributed by atoms with Crippen molar-refractivity contribution in [3.63, 3.8) is 0 Å². The number of carboxylic acid groups (broad SMARTS) is 1. The summed E-state index contributed by atoms with van der Waals surface area (Å²) >= 11 is 3.40. The Morgan fingerprint density at radius 2 is 2.00 bits per heavy atom. The van der Waals surface area contributed by atoms with Crippen LogP contribution in [0, 0.1) is 5.92 Å². The highest BCUT2D eigenvalue weighted by Crippen LogP contribution is 2.33. The number of halogens is 1. The zero-order valence-corrected chi connectivity index (χ0v) is 13.0. The molecule has 0 aliphatic heterocycles. The van der Waals surface area contributed by atoms with Gasteiger partial charge >= 0.3 is 5.97 Å². The lowest BCUT2D eigenvalue weighted by Gasteiger charge is -2.11. The Labute approximate surface area is 131 Å². The van der Waals surface area contributed by atoms with Crippen LogP contribution < -0.4 is 5.32 Å². The van der Waals surface area contributed by atoms with Crippen LogP contribution >= 0.6 is 15.9 Å². The second kappa shape index (κ2) is 6.03. The van der Waals surface area contributed by atoms with Gasteiger partial charge in [-0.25, -0.2) is 0 Å². The Morgan fingerprint density at radius 3 is 2.62 bits per heavy atom. The summed E-state index contributed by atoms with van der Waals surface area (Å²) in [6.45, 7) is 0.435. The summed E-state index contributed by atoms with van der Waals surface area (Å²) in [6.07, 6.45) is 1.98. The summed E-state index contributed by atoms with van der Waals surface area (Å²) < 4.78 is 6.79. The Kier molecular flexibility index (Phi) is 4.12. The summed E-state index contributed by atoms with van der Waals surface area (Å²) in [5.41, 5.74) is 1.00. The van der Waals surface area contributed by atoms with Crippen molar-refractivity contribution in [2.24, 2.45) is 5.92 Å². The fourth-order valence-electron chi connectivity index (χ4n) is 2.34. The zero-order chi connectivity index (χ0) is 14.8. The van der Waals surface area contributed by atoms with E-state index in [0.717, 1.165) is 34.4 Å². The molecular formula is C16H16BrNO3. The fraction of sp³-hybridized carbons (Fsp3) is 0.312. The van der Waals surface area contributed by atoms with Gasteiger partial charge in [-0.15, -0.1) is 0 Å². The van der Waals surface area contributed by atoms with Gasteiger partial charge < -0.3 is 9.52 Å². The molecule has 1 aromatic heterocycles. The number of carboxylic acids is 1. The van der Waals surface area contributed by atoms with E-state index >= 15 is 0 Å². The lowest BCUT2D eigenvalue weighted by atomic mass is 10.2. The quantitative estimate of drug-likeness (QED) is 0.835. The summed E-state index contributed by atoms with van der Waals surface area (Å²) in [5, 5.41) is 12.2. The van der Waals surface area contributed by atoms with E-state index in [2.05, 4.69) is 21.2 Å². The highest BCUT2D eigenvalue weighted by Gasteiger charge is 2.35. The molecule has 1 saturated carbocycles. The first-order valence-corrected chi connectivity index (χ1v) is 7.73. The molecule has 1 aliphatic rings. The second-order valence-corrected chi connectivity index (χ2v) is 6.22.